The molecule has 1 aliphatic carbocycles. The minimum atomic E-state index is 0.0120. The molecular formula is C18H21NO2S. The lowest BCUT2D eigenvalue weighted by atomic mass is 9.90. The molecule has 1 amide bonds. The van der Waals surface area contributed by atoms with Crippen molar-refractivity contribution in [1.82, 2.24) is 5.32 Å². The molecule has 1 aromatic carbocycles. The van der Waals surface area contributed by atoms with Crippen molar-refractivity contribution in [2.45, 2.75) is 32.7 Å². The second-order valence-electron chi connectivity index (χ2n) is 5.90. The summed E-state index contributed by atoms with van der Waals surface area (Å²) < 4.78 is 5.31. The number of carbonyl (C=O) groups is 1. The van der Waals surface area contributed by atoms with Gasteiger partial charge in [0, 0.05) is 17.0 Å². The quantitative estimate of drug-likeness (QED) is 0.931. The Kier molecular flexibility index (Phi) is 4.48. The van der Waals surface area contributed by atoms with Crippen LogP contribution in [0.4, 0.5) is 0 Å². The predicted molar refractivity (Wildman–Crippen MR) is 89.7 cm³/mol. The van der Waals surface area contributed by atoms with Crippen LogP contribution in [0.2, 0.25) is 0 Å². The van der Waals surface area contributed by atoms with Crippen molar-refractivity contribution in [3.63, 3.8) is 0 Å². The van der Waals surface area contributed by atoms with Gasteiger partial charge in [0.15, 0.2) is 0 Å². The number of benzene rings is 1. The molecule has 0 radical (unpaired) electrons. The summed E-state index contributed by atoms with van der Waals surface area (Å²) in [6.07, 6.45) is 3.45. The van der Waals surface area contributed by atoms with Crippen molar-refractivity contribution in [3.8, 4) is 5.75 Å². The number of fused-ring (bicyclic) bond motifs is 1. The molecule has 0 saturated heterocycles. The highest BCUT2D eigenvalue weighted by Gasteiger charge is 2.20. The number of ether oxygens (including phenoxy) is 1. The highest BCUT2D eigenvalue weighted by molar-refractivity contribution is 7.14. The van der Waals surface area contributed by atoms with Crippen LogP contribution in [0.5, 0.6) is 5.75 Å². The fraction of sp³-hybridized carbons (Fsp3) is 0.389. The molecule has 1 aromatic heterocycles. The molecule has 4 heteroatoms. The standard InChI is InChI=1S/C18H21NO2S/c1-12-7-8-16-14(9-12)10-17(22-16)18(20)19-11-13-5-3-4-6-15(13)21-2/h3-6,10,12H,7-9,11H2,1-2H3,(H,19,20). The van der Waals surface area contributed by atoms with E-state index in [0.717, 1.165) is 34.9 Å². The SMILES string of the molecule is COc1ccccc1CNC(=O)c1cc2c(s1)CCC(C)C2. The molecule has 3 rings (SSSR count). The Balaban J connectivity index is 1.67. The van der Waals surface area contributed by atoms with E-state index in [1.807, 2.05) is 24.3 Å². The topological polar surface area (TPSA) is 38.3 Å². The van der Waals surface area contributed by atoms with Crippen LogP contribution in [0.25, 0.3) is 0 Å². The zero-order valence-electron chi connectivity index (χ0n) is 13.0. The van der Waals surface area contributed by atoms with E-state index in [0.29, 0.717) is 6.54 Å². The van der Waals surface area contributed by atoms with E-state index in [4.69, 9.17) is 4.74 Å². The molecule has 22 heavy (non-hydrogen) atoms. The number of amides is 1. The largest absolute Gasteiger partial charge is 0.496 e. The van der Waals surface area contributed by atoms with E-state index >= 15 is 0 Å². The van der Waals surface area contributed by atoms with Gasteiger partial charge in [-0.1, -0.05) is 25.1 Å². The van der Waals surface area contributed by atoms with E-state index in [-0.39, 0.29) is 5.91 Å². The molecule has 0 saturated carbocycles. The minimum absolute atomic E-state index is 0.0120. The summed E-state index contributed by atoms with van der Waals surface area (Å²) in [5.41, 5.74) is 2.36. The number of para-hydroxylation sites is 1. The van der Waals surface area contributed by atoms with Gasteiger partial charge in [0.25, 0.3) is 5.91 Å². The van der Waals surface area contributed by atoms with Gasteiger partial charge in [-0.3, -0.25) is 4.79 Å². The van der Waals surface area contributed by atoms with Crippen molar-refractivity contribution in [3.05, 3.63) is 51.2 Å². The van der Waals surface area contributed by atoms with Gasteiger partial charge in [0.2, 0.25) is 0 Å². The smallest absolute Gasteiger partial charge is 0.261 e. The van der Waals surface area contributed by atoms with Crippen LogP contribution in [0.15, 0.2) is 30.3 Å². The molecule has 1 unspecified atom stereocenters. The fourth-order valence-corrected chi connectivity index (χ4v) is 4.05. The first-order valence-electron chi connectivity index (χ1n) is 7.69. The molecule has 0 bridgehead atoms. The first kappa shape index (κ1) is 15.1. The van der Waals surface area contributed by atoms with Gasteiger partial charge in [-0.05, 0) is 42.9 Å². The summed E-state index contributed by atoms with van der Waals surface area (Å²) in [4.78, 5) is 14.6. The predicted octanol–water partition coefficient (Wildman–Crippen LogP) is 3.81. The maximum Gasteiger partial charge on any atom is 0.261 e. The van der Waals surface area contributed by atoms with E-state index in [1.54, 1.807) is 18.4 Å². The molecule has 1 N–H and O–H groups in total. The van der Waals surface area contributed by atoms with Crippen LogP contribution in [-0.4, -0.2) is 13.0 Å². The highest BCUT2D eigenvalue weighted by atomic mass is 32.1. The third-order valence-corrected chi connectivity index (χ3v) is 5.42. The fourth-order valence-electron chi connectivity index (χ4n) is 2.93. The summed E-state index contributed by atoms with van der Waals surface area (Å²) in [6, 6.07) is 9.84. The zero-order valence-corrected chi connectivity index (χ0v) is 13.8. The Hall–Kier alpha value is -1.81. The first-order chi connectivity index (χ1) is 10.7. The molecule has 1 heterocycles. The molecule has 0 fully saturated rings. The molecular weight excluding hydrogens is 294 g/mol. The Labute approximate surface area is 135 Å². The minimum Gasteiger partial charge on any atom is -0.496 e. The number of methoxy groups -OCH3 is 1. The lowest BCUT2D eigenvalue weighted by molar-refractivity contribution is 0.0954. The van der Waals surface area contributed by atoms with Crippen molar-refractivity contribution in [2.24, 2.45) is 5.92 Å². The number of hydrogen-bond acceptors (Lipinski definition) is 3. The summed E-state index contributed by atoms with van der Waals surface area (Å²) in [6.45, 7) is 2.77. The molecule has 116 valence electrons. The second-order valence-corrected chi connectivity index (χ2v) is 7.04. The van der Waals surface area contributed by atoms with E-state index in [9.17, 15) is 4.79 Å². The van der Waals surface area contributed by atoms with Gasteiger partial charge in [-0.25, -0.2) is 0 Å². The third-order valence-electron chi connectivity index (χ3n) is 4.18. The molecule has 1 aliphatic rings. The van der Waals surface area contributed by atoms with Crippen LogP contribution in [0, 0.1) is 5.92 Å². The van der Waals surface area contributed by atoms with Gasteiger partial charge in [0.05, 0.1) is 12.0 Å². The Morgan fingerprint density at radius 3 is 3.05 bits per heavy atom. The Bertz CT molecular complexity index is 677. The van der Waals surface area contributed by atoms with Gasteiger partial charge in [-0.2, -0.15) is 0 Å². The summed E-state index contributed by atoms with van der Waals surface area (Å²) in [5, 5.41) is 3.00. The number of aryl methyl sites for hydroxylation is 1. The molecule has 1 atom stereocenters. The van der Waals surface area contributed by atoms with Gasteiger partial charge in [0.1, 0.15) is 5.75 Å². The van der Waals surface area contributed by atoms with Crippen LogP contribution >= 0.6 is 11.3 Å². The average Bonchev–Trinajstić information content (AvgIpc) is 2.96. The van der Waals surface area contributed by atoms with Crippen molar-refractivity contribution < 1.29 is 9.53 Å². The van der Waals surface area contributed by atoms with E-state index in [1.165, 1.54) is 16.9 Å². The Morgan fingerprint density at radius 2 is 2.23 bits per heavy atom. The number of thiophene rings is 1. The lowest BCUT2D eigenvalue weighted by Crippen LogP contribution is -2.22. The normalized spacial score (nSPS) is 16.9. The summed E-state index contributed by atoms with van der Waals surface area (Å²) in [5.74, 6) is 1.55. The van der Waals surface area contributed by atoms with Crippen molar-refractivity contribution in [1.29, 1.82) is 0 Å². The summed E-state index contributed by atoms with van der Waals surface area (Å²) in [7, 11) is 1.65. The van der Waals surface area contributed by atoms with Gasteiger partial charge in [-0.15, -0.1) is 11.3 Å². The second kappa shape index (κ2) is 6.53. The molecule has 3 nitrogen and oxygen atoms in total. The monoisotopic (exact) mass is 315 g/mol. The van der Waals surface area contributed by atoms with Gasteiger partial charge < -0.3 is 10.1 Å². The first-order valence-corrected chi connectivity index (χ1v) is 8.50. The van der Waals surface area contributed by atoms with Crippen molar-refractivity contribution >= 4 is 17.2 Å². The zero-order chi connectivity index (χ0) is 15.5. The van der Waals surface area contributed by atoms with Crippen LogP contribution in [0.1, 0.15) is 39.0 Å². The van der Waals surface area contributed by atoms with E-state index < -0.39 is 0 Å². The van der Waals surface area contributed by atoms with Crippen LogP contribution in [-0.2, 0) is 19.4 Å². The van der Waals surface area contributed by atoms with E-state index in [2.05, 4.69) is 18.3 Å². The summed E-state index contributed by atoms with van der Waals surface area (Å²) >= 11 is 1.65. The number of rotatable bonds is 4. The molecule has 0 spiro atoms. The maximum absolute atomic E-state index is 12.4. The molecule has 2 aromatic rings. The van der Waals surface area contributed by atoms with Gasteiger partial charge >= 0.3 is 0 Å². The molecule has 0 aliphatic heterocycles. The number of carbonyl (C=O) groups excluding carboxylic acids is 1. The number of nitrogens with one attached hydrogen (secondary N) is 1. The Morgan fingerprint density at radius 1 is 1.41 bits per heavy atom. The van der Waals surface area contributed by atoms with Crippen LogP contribution in [0.3, 0.4) is 0 Å². The highest BCUT2D eigenvalue weighted by Crippen LogP contribution is 2.32. The third kappa shape index (κ3) is 3.17. The lowest BCUT2D eigenvalue weighted by Gasteiger charge is -2.16. The maximum atomic E-state index is 12.4. The number of hydrogen-bond donors (Lipinski definition) is 1. The van der Waals surface area contributed by atoms with Crippen molar-refractivity contribution in [2.75, 3.05) is 7.11 Å². The average molecular weight is 315 g/mol. The van der Waals surface area contributed by atoms with Crippen LogP contribution < -0.4 is 10.1 Å².